The third-order valence-corrected chi connectivity index (χ3v) is 6.87. The predicted molar refractivity (Wildman–Crippen MR) is 154 cm³/mol. The van der Waals surface area contributed by atoms with Crippen LogP contribution in [-0.4, -0.2) is 42.6 Å². The van der Waals surface area contributed by atoms with E-state index in [0.717, 1.165) is 10.2 Å². The van der Waals surface area contributed by atoms with E-state index in [2.05, 4.69) is 15.6 Å². The fraction of sp³-hybridized carbons (Fsp3) is 0.185. The van der Waals surface area contributed by atoms with E-state index in [-0.39, 0.29) is 18.5 Å². The molecule has 1 heterocycles. The van der Waals surface area contributed by atoms with E-state index in [1.165, 1.54) is 16.2 Å². The molecule has 0 fully saturated rings. The SMILES string of the molecule is CCOC(=O)C(C)N(C(=O)c1ccccc1)c1ccc(Cl)c(Cl)c1.CNC(=O)Nc1nc2ccccc2s1. The lowest BCUT2D eigenvalue weighted by molar-refractivity contribution is -0.144. The second-order valence-electron chi connectivity index (χ2n) is 7.76. The average molecular weight is 574 g/mol. The van der Waals surface area contributed by atoms with E-state index in [4.69, 9.17) is 27.9 Å². The van der Waals surface area contributed by atoms with Crippen molar-refractivity contribution in [2.24, 2.45) is 0 Å². The van der Waals surface area contributed by atoms with Crippen molar-refractivity contribution >= 4 is 73.5 Å². The maximum absolute atomic E-state index is 12.9. The number of benzene rings is 3. The monoisotopic (exact) mass is 572 g/mol. The number of ether oxygens (including phenoxy) is 1. The van der Waals surface area contributed by atoms with E-state index in [1.54, 1.807) is 63.4 Å². The Kier molecular flexibility index (Phi) is 10.5. The molecule has 0 saturated heterocycles. The van der Waals surface area contributed by atoms with Gasteiger partial charge in [0.25, 0.3) is 5.91 Å². The van der Waals surface area contributed by atoms with Gasteiger partial charge in [0.2, 0.25) is 0 Å². The van der Waals surface area contributed by atoms with Gasteiger partial charge in [0.1, 0.15) is 6.04 Å². The van der Waals surface area contributed by atoms with Crippen LogP contribution in [0.25, 0.3) is 10.2 Å². The number of urea groups is 1. The van der Waals surface area contributed by atoms with Crippen molar-refractivity contribution in [2.45, 2.75) is 19.9 Å². The largest absolute Gasteiger partial charge is 0.464 e. The van der Waals surface area contributed by atoms with Crippen LogP contribution in [0.1, 0.15) is 24.2 Å². The van der Waals surface area contributed by atoms with Crippen molar-refractivity contribution in [2.75, 3.05) is 23.9 Å². The predicted octanol–water partition coefficient (Wildman–Crippen LogP) is 6.64. The zero-order chi connectivity index (χ0) is 27.7. The summed E-state index contributed by atoms with van der Waals surface area (Å²) in [5.74, 6) is -0.817. The quantitative estimate of drug-likeness (QED) is 0.252. The lowest BCUT2D eigenvalue weighted by Gasteiger charge is -2.28. The molecule has 3 aromatic carbocycles. The number of carbonyl (C=O) groups is 3. The Bertz CT molecular complexity index is 1380. The zero-order valence-corrected chi connectivity index (χ0v) is 23.2. The number of thiazole rings is 1. The molecule has 0 saturated carbocycles. The summed E-state index contributed by atoms with van der Waals surface area (Å²) in [5, 5.41) is 6.40. The Morgan fingerprint density at radius 2 is 1.68 bits per heavy atom. The van der Waals surface area contributed by atoms with E-state index in [1.807, 2.05) is 30.3 Å². The first-order valence-corrected chi connectivity index (χ1v) is 13.2. The highest BCUT2D eigenvalue weighted by molar-refractivity contribution is 7.22. The molecule has 1 aromatic heterocycles. The molecule has 0 spiro atoms. The van der Waals surface area contributed by atoms with Gasteiger partial charge in [-0.3, -0.25) is 15.0 Å². The molecule has 2 N–H and O–H groups in total. The van der Waals surface area contributed by atoms with Crippen molar-refractivity contribution < 1.29 is 19.1 Å². The highest BCUT2D eigenvalue weighted by Gasteiger charge is 2.29. The summed E-state index contributed by atoms with van der Waals surface area (Å²) < 4.78 is 6.12. The van der Waals surface area contributed by atoms with E-state index < -0.39 is 12.0 Å². The van der Waals surface area contributed by atoms with Crippen molar-refractivity contribution in [1.29, 1.82) is 0 Å². The summed E-state index contributed by atoms with van der Waals surface area (Å²) in [4.78, 5) is 41.7. The van der Waals surface area contributed by atoms with Gasteiger partial charge in [0.05, 0.1) is 26.9 Å². The molecule has 8 nitrogen and oxygen atoms in total. The molecule has 4 rings (SSSR count). The summed E-state index contributed by atoms with van der Waals surface area (Å²) in [6.45, 7) is 3.56. The molecule has 4 aromatic rings. The van der Waals surface area contributed by atoms with Crippen LogP contribution in [0.5, 0.6) is 0 Å². The second kappa shape index (κ2) is 13.8. The molecule has 0 aliphatic rings. The molecule has 1 atom stereocenters. The van der Waals surface area contributed by atoms with Gasteiger partial charge in [-0.2, -0.15) is 0 Å². The lowest BCUT2D eigenvalue weighted by Crippen LogP contribution is -2.44. The van der Waals surface area contributed by atoms with Crippen LogP contribution in [0.15, 0.2) is 72.8 Å². The molecule has 3 amide bonds. The van der Waals surface area contributed by atoms with Gasteiger partial charge in [0, 0.05) is 18.3 Å². The van der Waals surface area contributed by atoms with Gasteiger partial charge >= 0.3 is 12.0 Å². The first-order chi connectivity index (χ1) is 18.2. The van der Waals surface area contributed by atoms with Gasteiger partial charge in [-0.1, -0.05) is 64.9 Å². The minimum absolute atomic E-state index is 0.234. The highest BCUT2D eigenvalue weighted by atomic mass is 35.5. The zero-order valence-electron chi connectivity index (χ0n) is 20.9. The molecule has 198 valence electrons. The van der Waals surface area contributed by atoms with E-state index >= 15 is 0 Å². The lowest BCUT2D eigenvalue weighted by atomic mass is 10.1. The fourth-order valence-corrected chi connectivity index (χ4v) is 4.48. The molecule has 11 heteroatoms. The van der Waals surface area contributed by atoms with Crippen LogP contribution >= 0.6 is 34.5 Å². The molecule has 38 heavy (non-hydrogen) atoms. The Balaban J connectivity index is 0.000000241. The number of nitrogens with zero attached hydrogens (tertiary/aromatic N) is 2. The van der Waals surface area contributed by atoms with E-state index in [9.17, 15) is 14.4 Å². The molecule has 0 bridgehead atoms. The molecule has 0 aliphatic heterocycles. The maximum atomic E-state index is 12.9. The fourth-order valence-electron chi connectivity index (χ4n) is 3.33. The summed E-state index contributed by atoms with van der Waals surface area (Å²) in [6.07, 6.45) is 0. The number of hydrogen-bond donors (Lipinski definition) is 2. The number of nitrogens with one attached hydrogen (secondary N) is 2. The summed E-state index contributed by atoms with van der Waals surface area (Å²) >= 11 is 13.5. The first-order valence-electron chi connectivity index (χ1n) is 11.6. The van der Waals surface area contributed by atoms with Crippen LogP contribution in [-0.2, 0) is 9.53 Å². The van der Waals surface area contributed by atoms with Gasteiger partial charge in [-0.25, -0.2) is 14.6 Å². The number of anilines is 2. The number of aromatic nitrogens is 1. The van der Waals surface area contributed by atoms with Gasteiger partial charge in [0.15, 0.2) is 5.13 Å². The number of esters is 1. The summed E-state index contributed by atoms with van der Waals surface area (Å²) in [7, 11) is 1.57. The Hall–Kier alpha value is -3.66. The Labute approximate surface area is 234 Å². The van der Waals surface area contributed by atoms with Crippen LogP contribution in [0.3, 0.4) is 0 Å². The second-order valence-corrected chi connectivity index (χ2v) is 9.60. The van der Waals surface area contributed by atoms with Crippen LogP contribution in [0, 0.1) is 0 Å². The molecule has 0 aliphatic carbocycles. The normalized spacial score (nSPS) is 11.1. The van der Waals surface area contributed by atoms with E-state index in [0.29, 0.717) is 26.4 Å². The average Bonchev–Trinajstić information content (AvgIpc) is 3.34. The van der Waals surface area contributed by atoms with Crippen molar-refractivity contribution in [1.82, 2.24) is 10.3 Å². The van der Waals surface area contributed by atoms with Crippen molar-refractivity contribution in [3.8, 4) is 0 Å². The number of fused-ring (bicyclic) bond motifs is 1. The maximum Gasteiger partial charge on any atom is 0.328 e. The molecular weight excluding hydrogens is 547 g/mol. The Morgan fingerprint density at radius 3 is 2.32 bits per heavy atom. The highest BCUT2D eigenvalue weighted by Crippen LogP contribution is 2.29. The third kappa shape index (κ3) is 7.44. The molecular formula is C27H26Cl2N4O4S. The number of halogens is 2. The number of rotatable bonds is 6. The van der Waals surface area contributed by atoms with Gasteiger partial charge in [-0.05, 0) is 56.3 Å². The topological polar surface area (TPSA) is 101 Å². The van der Waals surface area contributed by atoms with Crippen molar-refractivity contribution in [3.63, 3.8) is 0 Å². The van der Waals surface area contributed by atoms with Crippen molar-refractivity contribution in [3.05, 3.63) is 88.4 Å². The number of carbonyl (C=O) groups excluding carboxylic acids is 3. The first kappa shape index (κ1) is 28.9. The van der Waals surface area contributed by atoms with Crippen LogP contribution in [0.4, 0.5) is 15.6 Å². The summed E-state index contributed by atoms with van der Waals surface area (Å²) in [6, 6.07) is 20.2. The van der Waals surface area contributed by atoms with Crippen LogP contribution < -0.4 is 15.5 Å². The molecule has 1 unspecified atom stereocenters. The van der Waals surface area contributed by atoms with Gasteiger partial charge < -0.3 is 10.1 Å². The minimum Gasteiger partial charge on any atom is -0.464 e. The number of para-hydroxylation sites is 1. The Morgan fingerprint density at radius 1 is 1.00 bits per heavy atom. The number of amides is 3. The van der Waals surface area contributed by atoms with Gasteiger partial charge in [-0.15, -0.1) is 0 Å². The smallest absolute Gasteiger partial charge is 0.328 e. The number of hydrogen-bond acceptors (Lipinski definition) is 6. The van der Waals surface area contributed by atoms with Crippen LogP contribution in [0.2, 0.25) is 10.0 Å². The minimum atomic E-state index is -0.810. The third-order valence-electron chi connectivity index (χ3n) is 5.18. The summed E-state index contributed by atoms with van der Waals surface area (Å²) in [5.41, 5.74) is 1.84. The molecule has 0 radical (unpaired) electrons. The standard InChI is InChI=1S/C18H17Cl2NO3.C9H9N3OS/c1-3-24-18(23)12(2)21(14-9-10-15(19)16(20)11-14)17(22)13-7-5-4-6-8-13;1-10-8(13)12-9-11-6-4-2-3-5-7(6)14-9/h4-12H,3H2,1-2H3;2-5H,1H3,(H2,10,11,12,13).